The fraction of sp³-hybridized carbons (Fsp3) is 0.143. The minimum atomic E-state index is -0.225. The monoisotopic (exact) mass is 138 g/mol. The zero-order valence-electron chi connectivity index (χ0n) is 5.76. The highest BCUT2D eigenvalue weighted by Crippen LogP contribution is 1.98. The molecule has 0 atom stereocenters. The second-order valence-electron chi connectivity index (χ2n) is 2.24. The fourth-order valence-electron chi connectivity index (χ4n) is 0.805. The predicted octanol–water partition coefficient (Wildman–Crippen LogP) is -0.424. The molecule has 3 heteroatoms. The van der Waals surface area contributed by atoms with Gasteiger partial charge in [0.1, 0.15) is 13.7 Å². The Morgan fingerprint density at radius 1 is 1.50 bits per heavy atom. The zero-order valence-corrected chi connectivity index (χ0v) is 5.76. The van der Waals surface area contributed by atoms with Gasteiger partial charge in [0, 0.05) is 0 Å². The van der Waals surface area contributed by atoms with E-state index < -0.39 is 0 Å². The van der Waals surface area contributed by atoms with Gasteiger partial charge in [-0.1, -0.05) is 17.6 Å². The summed E-state index contributed by atoms with van der Waals surface area (Å²) >= 11 is 0. The summed E-state index contributed by atoms with van der Waals surface area (Å²) in [6.45, 7) is -0.0267. The van der Waals surface area contributed by atoms with Gasteiger partial charge in [-0.25, -0.2) is 4.39 Å². The highest BCUT2D eigenvalue weighted by atomic mass is 19.1. The molecule has 10 heavy (non-hydrogen) atoms. The van der Waals surface area contributed by atoms with Crippen molar-refractivity contribution in [1.29, 1.82) is 0 Å². The lowest BCUT2D eigenvalue weighted by atomic mass is 9.94. The highest BCUT2D eigenvalue weighted by Gasteiger charge is 1.95. The van der Waals surface area contributed by atoms with Crippen molar-refractivity contribution in [3.63, 3.8) is 0 Å². The molecule has 0 unspecified atom stereocenters. The molecule has 0 fully saturated rings. The van der Waals surface area contributed by atoms with Gasteiger partial charge in [-0.15, -0.1) is 0 Å². The number of rotatable bonds is 1. The summed E-state index contributed by atoms with van der Waals surface area (Å²) in [5.41, 5.74) is 1.32. The van der Waals surface area contributed by atoms with Crippen LogP contribution in [0.25, 0.3) is 0 Å². The zero-order chi connectivity index (χ0) is 7.56. The summed E-state index contributed by atoms with van der Waals surface area (Å²) in [6, 6.07) is 4.57. The molecule has 1 N–H and O–H groups in total. The molecule has 0 aromatic heterocycles. The lowest BCUT2D eigenvalue weighted by Gasteiger charge is -1.98. The van der Waals surface area contributed by atoms with E-state index in [1.54, 1.807) is 20.0 Å². The average Bonchev–Trinajstić information content (AvgIpc) is 1.95. The van der Waals surface area contributed by atoms with Gasteiger partial charge in [0.15, 0.2) is 0 Å². The van der Waals surface area contributed by atoms with Crippen molar-refractivity contribution in [2.24, 2.45) is 0 Å². The summed E-state index contributed by atoms with van der Waals surface area (Å²) in [7, 11) is 1.68. The molecular weight excluding hydrogens is 130 g/mol. The Morgan fingerprint density at radius 2 is 2.20 bits per heavy atom. The van der Waals surface area contributed by atoms with Crippen LogP contribution in [0.3, 0.4) is 0 Å². The third-order valence-electron chi connectivity index (χ3n) is 1.40. The maximum atomic E-state index is 12.6. The molecule has 1 rings (SSSR count). The molecule has 52 valence electrons. The molecule has 0 amide bonds. The molecule has 0 aliphatic rings. The molecule has 0 bridgehead atoms. The molecule has 0 aliphatic carbocycles. The topological polar surface area (TPSA) is 20.2 Å². The second-order valence-corrected chi connectivity index (χ2v) is 2.24. The molecule has 1 nitrogen and oxygen atoms in total. The quantitative estimate of drug-likeness (QED) is 0.522. The van der Waals surface area contributed by atoms with Gasteiger partial charge in [0.2, 0.25) is 0 Å². The minimum absolute atomic E-state index is 0.0267. The number of halogens is 1. The maximum absolute atomic E-state index is 12.6. The molecular formula is C7H8BFO. The Balaban J connectivity index is 3.04. The van der Waals surface area contributed by atoms with Crippen LogP contribution in [0.2, 0.25) is 0 Å². The van der Waals surface area contributed by atoms with Gasteiger partial charge >= 0.3 is 0 Å². The first-order valence-corrected chi connectivity index (χ1v) is 3.10. The Morgan fingerprint density at radius 3 is 2.70 bits per heavy atom. The number of hydrogen-bond donors (Lipinski definition) is 1. The van der Waals surface area contributed by atoms with Crippen LogP contribution in [0.15, 0.2) is 18.2 Å². The van der Waals surface area contributed by atoms with E-state index in [-0.39, 0.29) is 12.4 Å². The summed E-state index contributed by atoms with van der Waals surface area (Å²) in [5, 5.41) is 8.63. The maximum Gasteiger partial charge on any atom is 0.143 e. The van der Waals surface area contributed by atoms with Crippen molar-refractivity contribution in [2.75, 3.05) is 0 Å². The molecule has 0 heterocycles. The SMILES string of the molecule is Bc1cc(CO)ccc1F. The second kappa shape index (κ2) is 2.84. The summed E-state index contributed by atoms with van der Waals surface area (Å²) in [6.07, 6.45) is 0. The van der Waals surface area contributed by atoms with Crippen molar-refractivity contribution in [1.82, 2.24) is 0 Å². The number of aliphatic hydroxyl groups is 1. The van der Waals surface area contributed by atoms with Crippen LogP contribution in [0, 0.1) is 5.82 Å². The summed E-state index contributed by atoms with van der Waals surface area (Å²) in [4.78, 5) is 0. The molecule has 1 aromatic rings. The molecule has 0 saturated carbocycles. The number of benzene rings is 1. The Bertz CT molecular complexity index is 237. The van der Waals surface area contributed by atoms with Crippen LogP contribution in [-0.2, 0) is 6.61 Å². The van der Waals surface area contributed by atoms with E-state index in [1.807, 2.05) is 0 Å². The van der Waals surface area contributed by atoms with Crippen molar-refractivity contribution in [3.8, 4) is 0 Å². The van der Waals surface area contributed by atoms with Crippen molar-refractivity contribution in [2.45, 2.75) is 6.61 Å². The number of hydrogen-bond acceptors (Lipinski definition) is 1. The van der Waals surface area contributed by atoms with Gasteiger partial charge in [-0.2, -0.15) is 0 Å². The van der Waals surface area contributed by atoms with Crippen molar-refractivity contribution < 1.29 is 9.50 Å². The predicted molar refractivity (Wildman–Crippen MR) is 40.5 cm³/mol. The first kappa shape index (κ1) is 7.28. The van der Waals surface area contributed by atoms with E-state index in [4.69, 9.17) is 5.11 Å². The van der Waals surface area contributed by atoms with Crippen LogP contribution in [0.4, 0.5) is 4.39 Å². The standard InChI is InChI=1S/C7H8BFO/c8-6-3-5(4-10)1-2-7(6)9/h1-3,10H,4,8H2. The summed E-state index contributed by atoms with van der Waals surface area (Å²) < 4.78 is 12.6. The Kier molecular flexibility index (Phi) is 2.07. The highest BCUT2D eigenvalue weighted by molar-refractivity contribution is 6.32. The van der Waals surface area contributed by atoms with Crippen molar-refractivity contribution >= 4 is 13.3 Å². The molecule has 0 aliphatic heterocycles. The normalized spacial score (nSPS) is 9.80. The largest absolute Gasteiger partial charge is 0.392 e. The van der Waals surface area contributed by atoms with Crippen molar-refractivity contribution in [3.05, 3.63) is 29.6 Å². The van der Waals surface area contributed by atoms with Gasteiger partial charge in [-0.3, -0.25) is 0 Å². The van der Waals surface area contributed by atoms with Gasteiger partial charge in [-0.05, 0) is 11.6 Å². The first-order chi connectivity index (χ1) is 4.74. The van der Waals surface area contributed by atoms with E-state index in [2.05, 4.69) is 0 Å². The van der Waals surface area contributed by atoms with E-state index in [0.717, 1.165) is 5.56 Å². The number of aliphatic hydroxyl groups excluding tert-OH is 1. The molecule has 0 radical (unpaired) electrons. The fourth-order valence-corrected chi connectivity index (χ4v) is 0.805. The smallest absolute Gasteiger partial charge is 0.143 e. The molecule has 0 saturated heterocycles. The van der Waals surface area contributed by atoms with Crippen LogP contribution < -0.4 is 5.46 Å². The van der Waals surface area contributed by atoms with E-state index in [0.29, 0.717) is 5.46 Å². The van der Waals surface area contributed by atoms with Crippen LogP contribution in [0.5, 0.6) is 0 Å². The minimum Gasteiger partial charge on any atom is -0.392 e. The van der Waals surface area contributed by atoms with Gasteiger partial charge < -0.3 is 5.11 Å². The molecule has 1 aromatic carbocycles. The lowest BCUT2D eigenvalue weighted by molar-refractivity contribution is 0.282. The van der Waals surface area contributed by atoms with Crippen LogP contribution in [-0.4, -0.2) is 13.0 Å². The van der Waals surface area contributed by atoms with E-state index in [1.165, 1.54) is 6.07 Å². The Labute approximate surface area is 59.9 Å². The summed E-state index contributed by atoms with van der Waals surface area (Å²) in [5.74, 6) is -0.225. The Hall–Kier alpha value is -0.825. The first-order valence-electron chi connectivity index (χ1n) is 3.10. The third kappa shape index (κ3) is 1.36. The van der Waals surface area contributed by atoms with E-state index >= 15 is 0 Å². The lowest BCUT2D eigenvalue weighted by Crippen LogP contribution is -2.08. The molecule has 0 spiro atoms. The van der Waals surface area contributed by atoms with Gasteiger partial charge in [0.25, 0.3) is 0 Å². The average molecular weight is 138 g/mol. The van der Waals surface area contributed by atoms with Crippen LogP contribution in [0.1, 0.15) is 5.56 Å². The van der Waals surface area contributed by atoms with E-state index in [9.17, 15) is 4.39 Å². The van der Waals surface area contributed by atoms with Gasteiger partial charge in [0.05, 0.1) is 6.61 Å². The van der Waals surface area contributed by atoms with Crippen LogP contribution >= 0.6 is 0 Å². The third-order valence-corrected chi connectivity index (χ3v) is 1.40.